The molecular weight excluding hydrogens is 288 g/mol. The zero-order valence-electron chi connectivity index (χ0n) is 11.5. The maximum Gasteiger partial charge on any atom is 0.387 e. The van der Waals surface area contributed by atoms with E-state index < -0.39 is 16.4 Å². The van der Waals surface area contributed by atoms with E-state index in [2.05, 4.69) is 10.1 Å². The van der Waals surface area contributed by atoms with Crippen LogP contribution in [0.3, 0.4) is 0 Å². The van der Waals surface area contributed by atoms with Crippen LogP contribution in [0.15, 0.2) is 24.3 Å². The van der Waals surface area contributed by atoms with E-state index in [4.69, 9.17) is 0 Å². The summed E-state index contributed by atoms with van der Waals surface area (Å²) in [5, 5.41) is 3.00. The Morgan fingerprint density at radius 3 is 2.55 bits per heavy atom. The molecule has 1 rings (SSSR count). The number of alkyl halides is 2. The minimum Gasteiger partial charge on any atom is -0.434 e. The molecule has 1 N–H and O–H groups in total. The number of rotatable bonds is 8. The normalized spacial score (nSPS) is 13.4. The van der Waals surface area contributed by atoms with Gasteiger partial charge in [0, 0.05) is 23.9 Å². The molecule has 0 aliphatic heterocycles. The number of ether oxygens (including phenoxy) is 1. The summed E-state index contributed by atoms with van der Waals surface area (Å²) in [5.41, 5.74) is 0.563. The van der Waals surface area contributed by atoms with Crippen molar-refractivity contribution in [2.24, 2.45) is 0 Å². The molecule has 1 unspecified atom stereocenters. The van der Waals surface area contributed by atoms with Gasteiger partial charge in [0.15, 0.2) is 9.84 Å². The lowest BCUT2D eigenvalue weighted by atomic mass is 10.2. The van der Waals surface area contributed by atoms with Gasteiger partial charge in [-0.3, -0.25) is 0 Å². The third kappa shape index (κ3) is 5.83. The summed E-state index contributed by atoms with van der Waals surface area (Å²) < 4.78 is 51.8. The van der Waals surface area contributed by atoms with Crippen molar-refractivity contribution in [3.05, 3.63) is 29.8 Å². The molecule has 0 radical (unpaired) electrons. The van der Waals surface area contributed by atoms with E-state index in [-0.39, 0.29) is 29.8 Å². The number of halogens is 2. The van der Waals surface area contributed by atoms with E-state index in [9.17, 15) is 17.2 Å². The summed E-state index contributed by atoms with van der Waals surface area (Å²) in [4.78, 5) is 0. The molecule has 114 valence electrons. The first kappa shape index (κ1) is 16.8. The van der Waals surface area contributed by atoms with Crippen molar-refractivity contribution >= 4 is 9.84 Å². The smallest absolute Gasteiger partial charge is 0.387 e. The molecule has 7 heteroatoms. The summed E-state index contributed by atoms with van der Waals surface area (Å²) in [7, 11) is -3.07. The molecule has 4 nitrogen and oxygen atoms in total. The Bertz CT molecular complexity index is 520. The number of hydrogen-bond acceptors (Lipinski definition) is 4. The predicted molar refractivity (Wildman–Crippen MR) is 73.7 cm³/mol. The van der Waals surface area contributed by atoms with Crippen molar-refractivity contribution in [2.75, 3.05) is 11.5 Å². The van der Waals surface area contributed by atoms with Gasteiger partial charge in [0.2, 0.25) is 0 Å². The molecule has 0 aromatic heterocycles. The van der Waals surface area contributed by atoms with E-state index in [1.54, 1.807) is 32.0 Å². The van der Waals surface area contributed by atoms with Gasteiger partial charge in [0.05, 0.1) is 5.75 Å². The molecule has 0 amide bonds. The number of sulfone groups is 1. The molecule has 0 bridgehead atoms. The van der Waals surface area contributed by atoms with Gasteiger partial charge in [0.1, 0.15) is 5.75 Å². The first-order chi connectivity index (χ1) is 9.34. The monoisotopic (exact) mass is 307 g/mol. The number of hydrogen-bond donors (Lipinski definition) is 1. The lowest BCUT2D eigenvalue weighted by Gasteiger charge is -2.15. The second kappa shape index (κ2) is 7.54. The first-order valence-electron chi connectivity index (χ1n) is 6.30. The van der Waals surface area contributed by atoms with Gasteiger partial charge in [-0.05, 0) is 13.0 Å². The fraction of sp³-hybridized carbons (Fsp3) is 0.538. The van der Waals surface area contributed by atoms with Gasteiger partial charge >= 0.3 is 6.61 Å². The highest BCUT2D eigenvalue weighted by atomic mass is 32.2. The van der Waals surface area contributed by atoms with Crippen molar-refractivity contribution in [3.8, 4) is 5.75 Å². The molecular formula is C13H19F2NO3S. The van der Waals surface area contributed by atoms with E-state index in [0.29, 0.717) is 5.56 Å². The molecule has 0 saturated heterocycles. The van der Waals surface area contributed by atoms with Crippen molar-refractivity contribution in [1.29, 1.82) is 0 Å². The van der Waals surface area contributed by atoms with Crippen LogP contribution in [0.5, 0.6) is 5.75 Å². The molecule has 0 fully saturated rings. The molecule has 0 saturated carbocycles. The molecule has 1 atom stereocenters. The third-order valence-electron chi connectivity index (χ3n) is 2.77. The lowest BCUT2D eigenvalue weighted by Crippen LogP contribution is -2.33. The second-order valence-corrected chi connectivity index (χ2v) is 6.86. The molecule has 0 aliphatic rings. The average molecular weight is 307 g/mol. The number of benzene rings is 1. The van der Waals surface area contributed by atoms with Crippen LogP contribution in [-0.2, 0) is 16.4 Å². The average Bonchev–Trinajstić information content (AvgIpc) is 2.36. The third-order valence-corrected chi connectivity index (χ3v) is 4.66. The maximum absolute atomic E-state index is 12.2. The zero-order chi connectivity index (χ0) is 15.2. The van der Waals surface area contributed by atoms with Crippen LogP contribution in [-0.4, -0.2) is 32.6 Å². The Morgan fingerprint density at radius 2 is 1.95 bits per heavy atom. The largest absolute Gasteiger partial charge is 0.434 e. The highest BCUT2D eigenvalue weighted by molar-refractivity contribution is 7.91. The minimum absolute atomic E-state index is 0.0152. The summed E-state index contributed by atoms with van der Waals surface area (Å²) in [6.07, 6.45) is 0. The Kier molecular flexibility index (Phi) is 6.35. The maximum atomic E-state index is 12.2. The SMILES string of the molecule is CCS(=O)(=O)CC(C)NCc1ccccc1OC(F)F. The molecule has 20 heavy (non-hydrogen) atoms. The number of para-hydroxylation sites is 1. The summed E-state index contributed by atoms with van der Waals surface area (Å²) in [6.45, 7) is 0.718. The summed E-state index contributed by atoms with van der Waals surface area (Å²) in [6, 6.07) is 6.16. The van der Waals surface area contributed by atoms with Crippen LogP contribution < -0.4 is 10.1 Å². The quantitative estimate of drug-likeness (QED) is 0.800. The van der Waals surface area contributed by atoms with Crippen LogP contribution in [0, 0.1) is 0 Å². The molecule has 0 heterocycles. The van der Waals surface area contributed by atoms with Gasteiger partial charge in [-0.2, -0.15) is 8.78 Å². The van der Waals surface area contributed by atoms with E-state index in [0.717, 1.165) is 0 Å². The van der Waals surface area contributed by atoms with Gasteiger partial charge in [0.25, 0.3) is 0 Å². The first-order valence-corrected chi connectivity index (χ1v) is 8.12. The fourth-order valence-corrected chi connectivity index (χ4v) is 2.82. The van der Waals surface area contributed by atoms with Crippen molar-refractivity contribution in [1.82, 2.24) is 5.32 Å². The van der Waals surface area contributed by atoms with Crippen molar-refractivity contribution in [3.63, 3.8) is 0 Å². The van der Waals surface area contributed by atoms with E-state index in [1.807, 2.05) is 0 Å². The van der Waals surface area contributed by atoms with Crippen LogP contribution in [0.2, 0.25) is 0 Å². The van der Waals surface area contributed by atoms with Crippen LogP contribution in [0.1, 0.15) is 19.4 Å². The Balaban J connectivity index is 2.61. The van der Waals surface area contributed by atoms with E-state index >= 15 is 0 Å². The van der Waals surface area contributed by atoms with Crippen molar-refractivity contribution < 1.29 is 21.9 Å². The Hall–Kier alpha value is -1.21. The Morgan fingerprint density at radius 1 is 1.30 bits per heavy atom. The van der Waals surface area contributed by atoms with E-state index in [1.165, 1.54) is 6.07 Å². The van der Waals surface area contributed by atoms with Crippen molar-refractivity contribution in [2.45, 2.75) is 33.0 Å². The van der Waals surface area contributed by atoms with Gasteiger partial charge < -0.3 is 10.1 Å². The Labute approximate surface area is 118 Å². The van der Waals surface area contributed by atoms with Crippen LogP contribution in [0.4, 0.5) is 8.78 Å². The fourth-order valence-electron chi connectivity index (χ4n) is 1.70. The lowest BCUT2D eigenvalue weighted by molar-refractivity contribution is -0.0505. The number of nitrogens with one attached hydrogen (secondary N) is 1. The van der Waals surface area contributed by atoms with Gasteiger partial charge in [-0.25, -0.2) is 8.42 Å². The highest BCUT2D eigenvalue weighted by Gasteiger charge is 2.14. The van der Waals surface area contributed by atoms with Gasteiger partial charge in [-0.15, -0.1) is 0 Å². The van der Waals surface area contributed by atoms with Gasteiger partial charge in [-0.1, -0.05) is 25.1 Å². The molecule has 1 aromatic rings. The second-order valence-electron chi connectivity index (χ2n) is 4.47. The van der Waals surface area contributed by atoms with Crippen LogP contribution in [0.25, 0.3) is 0 Å². The standard InChI is InChI=1S/C13H19F2NO3S/c1-3-20(17,18)9-10(2)16-8-11-6-4-5-7-12(11)19-13(14)15/h4-7,10,13,16H,3,8-9H2,1-2H3. The molecule has 0 aliphatic carbocycles. The molecule has 0 spiro atoms. The summed E-state index contributed by atoms with van der Waals surface area (Å²) >= 11 is 0. The topological polar surface area (TPSA) is 55.4 Å². The van der Waals surface area contributed by atoms with Crippen LogP contribution >= 0.6 is 0 Å². The highest BCUT2D eigenvalue weighted by Crippen LogP contribution is 2.20. The minimum atomic E-state index is -3.07. The molecule has 1 aromatic carbocycles. The predicted octanol–water partition coefficient (Wildman–Crippen LogP) is 2.20. The zero-order valence-corrected chi connectivity index (χ0v) is 12.3. The summed E-state index contributed by atoms with van der Waals surface area (Å²) in [5.74, 6) is 0.200.